The minimum atomic E-state index is 0.278. The molecule has 0 aromatic heterocycles. The Morgan fingerprint density at radius 3 is 2.79 bits per heavy atom. The molecule has 3 nitrogen and oxygen atoms in total. The maximum atomic E-state index is 6.32. The first-order chi connectivity index (χ1) is 9.06. The van der Waals surface area contributed by atoms with Gasteiger partial charge in [0, 0.05) is 23.9 Å². The van der Waals surface area contributed by atoms with Gasteiger partial charge in [-0.2, -0.15) is 11.8 Å². The summed E-state index contributed by atoms with van der Waals surface area (Å²) in [6, 6.07) is 4.19. The van der Waals surface area contributed by atoms with Crippen LogP contribution in [0.1, 0.15) is 20.3 Å². The summed E-state index contributed by atoms with van der Waals surface area (Å²) < 4.78 is 10.7. The highest BCUT2D eigenvalue weighted by molar-refractivity contribution is 7.99. The van der Waals surface area contributed by atoms with Gasteiger partial charge in [-0.3, -0.25) is 0 Å². The zero-order valence-corrected chi connectivity index (χ0v) is 12.7. The van der Waals surface area contributed by atoms with Crippen LogP contribution in [0.25, 0.3) is 0 Å². The van der Waals surface area contributed by atoms with E-state index in [2.05, 4.69) is 19.2 Å². The van der Waals surface area contributed by atoms with Gasteiger partial charge < -0.3 is 14.8 Å². The minimum absolute atomic E-state index is 0.278. The van der Waals surface area contributed by atoms with Crippen LogP contribution in [0.5, 0.6) is 11.5 Å². The topological polar surface area (TPSA) is 30.5 Å². The average molecular weight is 300 g/mol. The van der Waals surface area contributed by atoms with Gasteiger partial charge in [0.15, 0.2) is 11.5 Å². The van der Waals surface area contributed by atoms with Gasteiger partial charge in [0.25, 0.3) is 0 Å². The Kier molecular flexibility index (Phi) is 3.48. The number of ether oxygens (including phenoxy) is 2. The first-order valence-corrected chi connectivity index (χ1v) is 8.03. The lowest BCUT2D eigenvalue weighted by Crippen LogP contribution is -2.41. The standard InChI is InChI=1S/C14H18ClNO2S/c1-14(2)3-4-19-7-13(14)16-10-6-12-11(5-9(10)15)17-8-18-12/h5-6,13,16H,3-4,7-8H2,1-2H3. The molecule has 2 aliphatic heterocycles. The molecule has 3 rings (SSSR count). The molecule has 2 heterocycles. The Labute approximate surface area is 123 Å². The molecule has 1 aromatic rings. The molecule has 1 aromatic carbocycles. The Hall–Kier alpha value is -0.740. The highest BCUT2D eigenvalue weighted by Crippen LogP contribution is 2.42. The van der Waals surface area contributed by atoms with Crippen molar-refractivity contribution >= 4 is 29.1 Å². The van der Waals surface area contributed by atoms with E-state index in [1.807, 2.05) is 23.9 Å². The van der Waals surface area contributed by atoms with Gasteiger partial charge in [-0.25, -0.2) is 0 Å². The number of anilines is 1. The molecule has 1 atom stereocenters. The predicted octanol–water partition coefficient (Wildman–Crippen LogP) is 4.01. The molecule has 0 bridgehead atoms. The highest BCUT2D eigenvalue weighted by atomic mass is 35.5. The fourth-order valence-corrected chi connectivity index (χ4v) is 4.20. The van der Waals surface area contributed by atoms with E-state index in [1.165, 1.54) is 12.2 Å². The summed E-state index contributed by atoms with van der Waals surface area (Å²) in [6.45, 7) is 4.90. The molecule has 1 unspecified atom stereocenters. The van der Waals surface area contributed by atoms with Crippen LogP contribution in [0.3, 0.4) is 0 Å². The van der Waals surface area contributed by atoms with E-state index in [0.29, 0.717) is 11.1 Å². The van der Waals surface area contributed by atoms with Crippen LogP contribution >= 0.6 is 23.4 Å². The fraction of sp³-hybridized carbons (Fsp3) is 0.571. The summed E-state index contributed by atoms with van der Waals surface area (Å²) in [5.74, 6) is 3.85. The molecule has 1 saturated heterocycles. The Morgan fingerprint density at radius 1 is 1.32 bits per heavy atom. The maximum Gasteiger partial charge on any atom is 0.231 e. The SMILES string of the molecule is CC1(C)CCSCC1Nc1cc2c(cc1Cl)OCO2. The molecule has 19 heavy (non-hydrogen) atoms. The quantitative estimate of drug-likeness (QED) is 0.894. The molecule has 0 saturated carbocycles. The van der Waals surface area contributed by atoms with Gasteiger partial charge >= 0.3 is 0 Å². The minimum Gasteiger partial charge on any atom is -0.454 e. The van der Waals surface area contributed by atoms with E-state index in [-0.39, 0.29) is 12.2 Å². The van der Waals surface area contributed by atoms with Crippen molar-refractivity contribution in [3.05, 3.63) is 17.2 Å². The fourth-order valence-electron chi connectivity index (χ4n) is 2.39. The van der Waals surface area contributed by atoms with E-state index in [1.54, 1.807) is 0 Å². The van der Waals surface area contributed by atoms with Crippen LogP contribution in [0, 0.1) is 5.41 Å². The summed E-state index contributed by atoms with van der Waals surface area (Å²) in [4.78, 5) is 0. The summed E-state index contributed by atoms with van der Waals surface area (Å²) >= 11 is 8.31. The second-order valence-corrected chi connectivity index (χ2v) is 7.25. The van der Waals surface area contributed by atoms with Crippen molar-refractivity contribution < 1.29 is 9.47 Å². The molecule has 1 N–H and O–H groups in total. The first-order valence-electron chi connectivity index (χ1n) is 6.50. The lowest BCUT2D eigenvalue weighted by molar-refractivity contribution is 0.174. The number of halogens is 1. The van der Waals surface area contributed by atoms with E-state index >= 15 is 0 Å². The van der Waals surface area contributed by atoms with Crippen molar-refractivity contribution in [2.45, 2.75) is 26.3 Å². The first kappa shape index (κ1) is 13.3. The molecule has 1 fully saturated rings. The number of benzene rings is 1. The van der Waals surface area contributed by atoms with E-state index in [0.717, 1.165) is 22.9 Å². The molecule has 104 valence electrons. The number of thioether (sulfide) groups is 1. The number of nitrogens with one attached hydrogen (secondary N) is 1. The van der Waals surface area contributed by atoms with E-state index < -0.39 is 0 Å². The molecule has 0 spiro atoms. The van der Waals surface area contributed by atoms with Crippen molar-refractivity contribution in [3.63, 3.8) is 0 Å². The average Bonchev–Trinajstić information content (AvgIpc) is 2.79. The van der Waals surface area contributed by atoms with Gasteiger partial charge in [-0.05, 0) is 17.6 Å². The van der Waals surface area contributed by atoms with Gasteiger partial charge in [0.05, 0.1) is 10.7 Å². The van der Waals surface area contributed by atoms with Crippen LogP contribution in [-0.2, 0) is 0 Å². The normalized spacial score (nSPS) is 24.3. The monoisotopic (exact) mass is 299 g/mol. The van der Waals surface area contributed by atoms with Gasteiger partial charge in [0.2, 0.25) is 6.79 Å². The third-order valence-electron chi connectivity index (χ3n) is 3.91. The maximum absolute atomic E-state index is 6.32. The zero-order valence-electron chi connectivity index (χ0n) is 11.2. The third-order valence-corrected chi connectivity index (χ3v) is 5.29. The summed E-state index contributed by atoms with van der Waals surface area (Å²) in [7, 11) is 0. The second-order valence-electron chi connectivity index (χ2n) is 5.70. The molecule has 0 aliphatic carbocycles. The Morgan fingerprint density at radius 2 is 2.05 bits per heavy atom. The summed E-state index contributed by atoms with van der Waals surface area (Å²) in [5, 5.41) is 4.27. The molecule has 0 radical (unpaired) electrons. The van der Waals surface area contributed by atoms with E-state index in [4.69, 9.17) is 21.1 Å². The zero-order chi connectivity index (χ0) is 13.5. The van der Waals surface area contributed by atoms with Crippen molar-refractivity contribution in [2.75, 3.05) is 23.6 Å². The number of hydrogen-bond donors (Lipinski definition) is 1. The van der Waals surface area contributed by atoms with Crippen molar-refractivity contribution in [1.29, 1.82) is 0 Å². The lowest BCUT2D eigenvalue weighted by Gasteiger charge is -2.39. The summed E-state index contributed by atoms with van der Waals surface area (Å²) in [6.07, 6.45) is 1.22. The second kappa shape index (κ2) is 4.98. The molecule has 2 aliphatic rings. The molecule has 5 heteroatoms. The van der Waals surface area contributed by atoms with Crippen molar-refractivity contribution in [3.8, 4) is 11.5 Å². The molecule has 0 amide bonds. The largest absolute Gasteiger partial charge is 0.454 e. The lowest BCUT2D eigenvalue weighted by atomic mass is 9.82. The number of hydrogen-bond acceptors (Lipinski definition) is 4. The van der Waals surface area contributed by atoms with Crippen molar-refractivity contribution in [1.82, 2.24) is 0 Å². The molecular formula is C14H18ClNO2S. The van der Waals surface area contributed by atoms with Gasteiger partial charge in [-0.1, -0.05) is 25.4 Å². The van der Waals surface area contributed by atoms with Gasteiger partial charge in [0.1, 0.15) is 0 Å². The predicted molar refractivity (Wildman–Crippen MR) is 80.7 cm³/mol. The number of rotatable bonds is 2. The Bertz CT molecular complexity index is 493. The third kappa shape index (κ3) is 2.61. The van der Waals surface area contributed by atoms with Crippen LogP contribution in [0.4, 0.5) is 5.69 Å². The van der Waals surface area contributed by atoms with Crippen LogP contribution in [0.15, 0.2) is 12.1 Å². The highest BCUT2D eigenvalue weighted by Gasteiger charge is 2.33. The molecular weight excluding hydrogens is 282 g/mol. The van der Waals surface area contributed by atoms with Crippen LogP contribution in [0.2, 0.25) is 5.02 Å². The van der Waals surface area contributed by atoms with Gasteiger partial charge in [-0.15, -0.1) is 0 Å². The van der Waals surface area contributed by atoms with E-state index in [9.17, 15) is 0 Å². The summed E-state index contributed by atoms with van der Waals surface area (Å²) in [5.41, 5.74) is 1.22. The Balaban J connectivity index is 1.83. The van der Waals surface area contributed by atoms with Crippen molar-refractivity contribution in [2.24, 2.45) is 5.41 Å². The van der Waals surface area contributed by atoms with Crippen LogP contribution in [-0.4, -0.2) is 24.3 Å². The number of fused-ring (bicyclic) bond motifs is 1. The van der Waals surface area contributed by atoms with Crippen LogP contribution < -0.4 is 14.8 Å². The smallest absolute Gasteiger partial charge is 0.231 e.